The summed E-state index contributed by atoms with van der Waals surface area (Å²) in [6.07, 6.45) is 0. The first-order valence-electron chi connectivity index (χ1n) is 6.60. The standard InChI is InChI=1S/C15H20BrN3S/c1-10(17)15(13-6-4-5-7-14(13)16)19(3)8-12-9-20-11(2)18-12/h4-7,9-10,15H,8,17H2,1-3H3. The van der Waals surface area contributed by atoms with Gasteiger partial charge in [-0.15, -0.1) is 11.3 Å². The first-order valence-corrected chi connectivity index (χ1v) is 8.27. The predicted molar refractivity (Wildman–Crippen MR) is 88.9 cm³/mol. The molecule has 0 aliphatic carbocycles. The van der Waals surface area contributed by atoms with E-state index in [2.05, 4.69) is 56.4 Å². The molecule has 20 heavy (non-hydrogen) atoms. The average molecular weight is 354 g/mol. The first kappa shape index (κ1) is 15.6. The molecule has 108 valence electrons. The van der Waals surface area contributed by atoms with Gasteiger partial charge in [-0.05, 0) is 32.5 Å². The van der Waals surface area contributed by atoms with Crippen molar-refractivity contribution in [3.8, 4) is 0 Å². The van der Waals surface area contributed by atoms with Crippen molar-refractivity contribution in [2.75, 3.05) is 7.05 Å². The summed E-state index contributed by atoms with van der Waals surface area (Å²) < 4.78 is 1.10. The number of halogens is 1. The van der Waals surface area contributed by atoms with E-state index in [1.807, 2.05) is 19.9 Å². The van der Waals surface area contributed by atoms with Gasteiger partial charge in [-0.1, -0.05) is 34.1 Å². The number of aryl methyl sites for hydroxylation is 1. The van der Waals surface area contributed by atoms with Gasteiger partial charge in [0.1, 0.15) is 0 Å². The topological polar surface area (TPSA) is 42.2 Å². The molecule has 1 aromatic carbocycles. The van der Waals surface area contributed by atoms with E-state index in [0.29, 0.717) is 0 Å². The number of benzene rings is 1. The SMILES string of the molecule is Cc1nc(CN(C)C(c2ccccc2Br)C(C)N)cs1. The van der Waals surface area contributed by atoms with Gasteiger partial charge in [0.05, 0.1) is 16.7 Å². The van der Waals surface area contributed by atoms with Crippen LogP contribution in [0.2, 0.25) is 0 Å². The van der Waals surface area contributed by atoms with Crippen molar-refractivity contribution in [1.29, 1.82) is 0 Å². The van der Waals surface area contributed by atoms with Crippen LogP contribution in [0.25, 0.3) is 0 Å². The maximum atomic E-state index is 6.22. The third-order valence-corrected chi connectivity index (χ3v) is 4.82. The quantitative estimate of drug-likeness (QED) is 0.890. The number of thiazole rings is 1. The summed E-state index contributed by atoms with van der Waals surface area (Å²) in [6, 6.07) is 8.46. The lowest BCUT2D eigenvalue weighted by Crippen LogP contribution is -2.37. The summed E-state index contributed by atoms with van der Waals surface area (Å²) >= 11 is 5.31. The van der Waals surface area contributed by atoms with Crippen molar-refractivity contribution in [3.05, 3.63) is 50.4 Å². The minimum atomic E-state index is 0.0402. The molecule has 0 fully saturated rings. The Morgan fingerprint density at radius 1 is 1.40 bits per heavy atom. The molecule has 2 rings (SSSR count). The van der Waals surface area contributed by atoms with Gasteiger partial charge in [0.15, 0.2) is 0 Å². The van der Waals surface area contributed by atoms with Gasteiger partial charge < -0.3 is 5.73 Å². The summed E-state index contributed by atoms with van der Waals surface area (Å²) in [6.45, 7) is 4.88. The van der Waals surface area contributed by atoms with Gasteiger partial charge in [0.2, 0.25) is 0 Å². The fraction of sp³-hybridized carbons (Fsp3) is 0.400. The first-order chi connectivity index (χ1) is 9.49. The monoisotopic (exact) mass is 353 g/mol. The predicted octanol–water partition coefficient (Wildman–Crippen LogP) is 3.73. The van der Waals surface area contributed by atoms with Crippen molar-refractivity contribution in [2.45, 2.75) is 32.5 Å². The normalized spacial score (nSPS) is 14.5. The molecule has 2 atom stereocenters. The summed E-state index contributed by atoms with van der Waals surface area (Å²) in [7, 11) is 2.10. The molecule has 0 bridgehead atoms. The maximum absolute atomic E-state index is 6.22. The van der Waals surface area contributed by atoms with Gasteiger partial charge in [-0.25, -0.2) is 4.98 Å². The molecular weight excluding hydrogens is 334 g/mol. The highest BCUT2D eigenvalue weighted by molar-refractivity contribution is 9.10. The van der Waals surface area contributed by atoms with Crippen molar-refractivity contribution in [1.82, 2.24) is 9.88 Å². The molecule has 0 saturated heterocycles. The minimum Gasteiger partial charge on any atom is -0.326 e. The van der Waals surface area contributed by atoms with Crippen LogP contribution in [0.5, 0.6) is 0 Å². The van der Waals surface area contributed by atoms with Crippen LogP contribution in [-0.2, 0) is 6.54 Å². The lowest BCUT2D eigenvalue weighted by Gasteiger charge is -2.31. The number of nitrogens with zero attached hydrogens (tertiary/aromatic N) is 2. The number of hydrogen-bond donors (Lipinski definition) is 1. The highest BCUT2D eigenvalue weighted by atomic mass is 79.9. The third-order valence-electron chi connectivity index (χ3n) is 3.27. The van der Waals surface area contributed by atoms with Crippen LogP contribution in [0.4, 0.5) is 0 Å². The van der Waals surface area contributed by atoms with Crippen molar-refractivity contribution < 1.29 is 0 Å². The van der Waals surface area contributed by atoms with Crippen LogP contribution in [0.3, 0.4) is 0 Å². The van der Waals surface area contributed by atoms with Crippen LogP contribution < -0.4 is 5.73 Å². The molecule has 2 N–H and O–H groups in total. The fourth-order valence-electron chi connectivity index (χ4n) is 2.47. The lowest BCUT2D eigenvalue weighted by molar-refractivity contribution is 0.208. The highest BCUT2D eigenvalue weighted by Gasteiger charge is 2.23. The lowest BCUT2D eigenvalue weighted by atomic mass is 9.99. The fourth-order valence-corrected chi connectivity index (χ4v) is 3.59. The zero-order chi connectivity index (χ0) is 14.7. The molecule has 0 spiro atoms. The van der Waals surface area contributed by atoms with Crippen molar-refractivity contribution in [3.63, 3.8) is 0 Å². The second-order valence-electron chi connectivity index (χ2n) is 5.10. The molecule has 1 heterocycles. The van der Waals surface area contributed by atoms with Crippen LogP contribution in [0.15, 0.2) is 34.1 Å². The molecule has 2 aromatic rings. The molecule has 3 nitrogen and oxygen atoms in total. The molecule has 0 aliphatic rings. The summed E-state index contributed by atoms with van der Waals surface area (Å²) in [5.41, 5.74) is 8.54. The highest BCUT2D eigenvalue weighted by Crippen LogP contribution is 2.30. The third kappa shape index (κ3) is 3.67. The van der Waals surface area contributed by atoms with Crippen molar-refractivity contribution >= 4 is 27.3 Å². The Bertz CT molecular complexity index is 568. The van der Waals surface area contributed by atoms with Crippen LogP contribution >= 0.6 is 27.3 Å². The number of hydrogen-bond acceptors (Lipinski definition) is 4. The van der Waals surface area contributed by atoms with E-state index in [1.54, 1.807) is 11.3 Å². The molecule has 0 saturated carbocycles. The minimum absolute atomic E-state index is 0.0402. The molecule has 0 radical (unpaired) electrons. The van der Waals surface area contributed by atoms with Gasteiger partial charge in [0, 0.05) is 22.4 Å². The smallest absolute Gasteiger partial charge is 0.0897 e. The van der Waals surface area contributed by atoms with Crippen LogP contribution in [0.1, 0.15) is 29.2 Å². The Labute approximate surface area is 133 Å². The van der Waals surface area contributed by atoms with Crippen LogP contribution in [-0.4, -0.2) is 23.0 Å². The largest absolute Gasteiger partial charge is 0.326 e. The second-order valence-corrected chi connectivity index (χ2v) is 7.02. The average Bonchev–Trinajstić information content (AvgIpc) is 2.77. The summed E-state index contributed by atoms with van der Waals surface area (Å²) in [5.74, 6) is 0. The van der Waals surface area contributed by atoms with Gasteiger partial charge in [0.25, 0.3) is 0 Å². The maximum Gasteiger partial charge on any atom is 0.0897 e. The van der Waals surface area contributed by atoms with E-state index < -0.39 is 0 Å². The molecule has 0 aliphatic heterocycles. The molecule has 5 heteroatoms. The molecule has 0 amide bonds. The van der Waals surface area contributed by atoms with E-state index >= 15 is 0 Å². The van der Waals surface area contributed by atoms with E-state index in [0.717, 1.165) is 21.7 Å². The Kier molecular flexibility index (Phi) is 5.32. The Morgan fingerprint density at radius 2 is 2.10 bits per heavy atom. The summed E-state index contributed by atoms with van der Waals surface area (Å²) in [4.78, 5) is 6.80. The van der Waals surface area contributed by atoms with Crippen molar-refractivity contribution in [2.24, 2.45) is 5.73 Å². The number of rotatable bonds is 5. The van der Waals surface area contributed by atoms with E-state index in [-0.39, 0.29) is 12.1 Å². The number of aromatic nitrogens is 1. The van der Waals surface area contributed by atoms with E-state index in [4.69, 9.17) is 5.73 Å². The Hall–Kier alpha value is -0.750. The zero-order valence-corrected chi connectivity index (χ0v) is 14.4. The molecule has 1 aromatic heterocycles. The Balaban J connectivity index is 2.22. The van der Waals surface area contributed by atoms with E-state index in [9.17, 15) is 0 Å². The van der Waals surface area contributed by atoms with Gasteiger partial charge in [-0.3, -0.25) is 4.90 Å². The van der Waals surface area contributed by atoms with Gasteiger partial charge in [-0.2, -0.15) is 0 Å². The summed E-state index contributed by atoms with van der Waals surface area (Å²) in [5, 5.41) is 3.22. The Morgan fingerprint density at radius 3 is 2.65 bits per heavy atom. The van der Waals surface area contributed by atoms with E-state index in [1.165, 1.54) is 5.56 Å². The molecular formula is C15H20BrN3S. The molecule has 2 unspecified atom stereocenters. The second kappa shape index (κ2) is 6.80. The van der Waals surface area contributed by atoms with Crippen LogP contribution in [0, 0.1) is 6.92 Å². The number of nitrogens with two attached hydrogens (primary N) is 1. The number of likely N-dealkylation sites (N-methyl/N-ethyl adjacent to an activating group) is 1. The zero-order valence-electron chi connectivity index (χ0n) is 12.0. The van der Waals surface area contributed by atoms with Gasteiger partial charge >= 0.3 is 0 Å².